The van der Waals surface area contributed by atoms with Crippen LogP contribution < -0.4 is 29.5 Å². The first kappa shape index (κ1) is 23.3. The molecule has 0 saturated carbocycles. The fourth-order valence-electron chi connectivity index (χ4n) is 4.41. The highest BCUT2D eigenvalue weighted by Crippen LogP contribution is 2.33. The van der Waals surface area contributed by atoms with Crippen molar-refractivity contribution in [2.24, 2.45) is 0 Å². The Morgan fingerprint density at radius 3 is 2.71 bits per heavy atom. The molecule has 0 aliphatic carbocycles. The third-order valence-electron chi connectivity index (χ3n) is 6.29. The summed E-state index contributed by atoms with van der Waals surface area (Å²) in [5, 5.41) is 2.80. The normalized spacial score (nSPS) is 16.2. The molecule has 0 fully saturated rings. The summed E-state index contributed by atoms with van der Waals surface area (Å²) in [6.45, 7) is 7.53. The number of hydrogen-bond donors (Lipinski definition) is 1. The van der Waals surface area contributed by atoms with Gasteiger partial charge in [0.05, 0.1) is 10.1 Å². The maximum Gasteiger partial charge on any atom is 0.269 e. The lowest BCUT2D eigenvalue weighted by molar-refractivity contribution is -0.110. The smallest absolute Gasteiger partial charge is 0.269 e. The van der Waals surface area contributed by atoms with Crippen molar-refractivity contribution < 1.29 is 18.7 Å². The van der Waals surface area contributed by atoms with Gasteiger partial charge in [-0.15, -0.1) is 11.3 Å². The Bertz CT molecular complexity index is 1470. The van der Waals surface area contributed by atoms with Crippen molar-refractivity contribution in [3.8, 4) is 11.5 Å². The van der Waals surface area contributed by atoms with Crippen LogP contribution in [-0.2, 0) is 11.3 Å². The molecule has 0 unspecified atom stereocenters. The summed E-state index contributed by atoms with van der Waals surface area (Å²) < 4.78 is 27.6. The predicted octanol–water partition coefficient (Wildman–Crippen LogP) is 2.49. The number of aromatic nitrogens is 1. The minimum atomic E-state index is -0.433. The molecule has 3 aromatic rings. The van der Waals surface area contributed by atoms with E-state index in [1.54, 1.807) is 16.7 Å². The van der Waals surface area contributed by atoms with Crippen molar-refractivity contribution in [2.45, 2.75) is 26.8 Å². The molecule has 5 rings (SSSR count). The van der Waals surface area contributed by atoms with Crippen LogP contribution in [0.4, 0.5) is 10.1 Å². The maximum absolute atomic E-state index is 14.1. The van der Waals surface area contributed by atoms with E-state index in [0.29, 0.717) is 44.1 Å². The van der Waals surface area contributed by atoms with Crippen LogP contribution >= 0.6 is 11.3 Å². The number of anilines is 1. The van der Waals surface area contributed by atoms with Crippen molar-refractivity contribution >= 4 is 34.6 Å². The van der Waals surface area contributed by atoms with Gasteiger partial charge in [0.15, 0.2) is 11.5 Å². The van der Waals surface area contributed by atoms with Gasteiger partial charge in [-0.2, -0.15) is 0 Å². The molecule has 0 radical (unpaired) electrons. The minimum absolute atomic E-state index is 0.171. The number of nitrogens with zero attached hydrogens (tertiary/aromatic N) is 2. The van der Waals surface area contributed by atoms with E-state index in [0.717, 1.165) is 31.6 Å². The molecule has 1 N–H and O–H groups in total. The van der Waals surface area contributed by atoms with Crippen molar-refractivity contribution in [2.75, 3.05) is 31.7 Å². The van der Waals surface area contributed by atoms with Crippen LogP contribution in [0, 0.1) is 5.82 Å². The van der Waals surface area contributed by atoms with Crippen LogP contribution in [0.1, 0.15) is 31.4 Å². The van der Waals surface area contributed by atoms with E-state index in [9.17, 15) is 14.0 Å². The number of carbonyl (C=O) groups excluding carboxylic acids is 1. The van der Waals surface area contributed by atoms with Crippen LogP contribution in [0.5, 0.6) is 11.5 Å². The average molecular weight is 496 g/mol. The van der Waals surface area contributed by atoms with Gasteiger partial charge in [-0.3, -0.25) is 14.2 Å². The van der Waals surface area contributed by atoms with E-state index < -0.39 is 5.82 Å². The molecular weight excluding hydrogens is 469 g/mol. The molecule has 2 aliphatic rings. The van der Waals surface area contributed by atoms with E-state index in [1.165, 1.54) is 23.5 Å². The number of nitrogens with one attached hydrogen (secondary N) is 1. The number of ether oxygens (including phenoxy) is 2. The van der Waals surface area contributed by atoms with Crippen molar-refractivity contribution in [3.05, 3.63) is 72.9 Å². The first-order valence-corrected chi connectivity index (χ1v) is 12.5. The van der Waals surface area contributed by atoms with Crippen LogP contribution in [0.3, 0.4) is 0 Å². The fourth-order valence-corrected chi connectivity index (χ4v) is 5.60. The number of fused-ring (bicyclic) bond motifs is 2. The number of halogens is 1. The monoisotopic (exact) mass is 495 g/mol. The lowest BCUT2D eigenvalue weighted by atomic mass is 10.1. The van der Waals surface area contributed by atoms with Crippen molar-refractivity contribution in [1.82, 2.24) is 9.47 Å². The van der Waals surface area contributed by atoms with Gasteiger partial charge in [0.2, 0.25) is 6.79 Å². The summed E-state index contributed by atoms with van der Waals surface area (Å²) in [5.41, 5.74) is 1.97. The standard InChI is InChI=1S/C26H26FN3O4S/c1-3-29(4-2)10-5-11-30-25(32)22(13-16-6-9-20-21(12-16)34-15-33-20)35-26(30)23-18-14-17(27)7-8-19(18)28-24(23)31/h6-9,12-14H,3-5,10-11,15H2,1-2H3,(H,28,31)/b22-13?,26-23-. The van der Waals surface area contributed by atoms with E-state index in [4.69, 9.17) is 9.47 Å². The number of thiazole rings is 1. The Kier molecular flexibility index (Phi) is 6.44. The summed E-state index contributed by atoms with van der Waals surface area (Å²) in [6, 6.07) is 9.69. The number of benzene rings is 2. The first-order chi connectivity index (χ1) is 17.0. The van der Waals surface area contributed by atoms with E-state index >= 15 is 0 Å². The molecule has 1 aromatic heterocycles. The van der Waals surface area contributed by atoms with E-state index in [1.807, 2.05) is 18.2 Å². The van der Waals surface area contributed by atoms with Crippen molar-refractivity contribution in [3.63, 3.8) is 0 Å². The molecule has 35 heavy (non-hydrogen) atoms. The van der Waals surface area contributed by atoms with Crippen LogP contribution in [0.25, 0.3) is 11.6 Å². The average Bonchev–Trinajstić information content (AvgIpc) is 3.52. The van der Waals surface area contributed by atoms with Gasteiger partial charge in [0, 0.05) is 17.8 Å². The number of hydrogen-bond acceptors (Lipinski definition) is 6. The molecule has 2 aliphatic heterocycles. The molecule has 3 heterocycles. The highest BCUT2D eigenvalue weighted by atomic mass is 32.1. The molecule has 182 valence electrons. The fraction of sp³-hybridized carbons (Fsp3) is 0.308. The molecule has 1 amide bonds. The van der Waals surface area contributed by atoms with Gasteiger partial charge in [0.25, 0.3) is 11.5 Å². The largest absolute Gasteiger partial charge is 0.454 e. The number of carbonyl (C=O) groups is 1. The molecule has 0 bridgehead atoms. The second-order valence-corrected chi connectivity index (χ2v) is 9.42. The zero-order valence-corrected chi connectivity index (χ0v) is 20.4. The number of rotatable bonds is 7. The lowest BCUT2D eigenvalue weighted by Crippen LogP contribution is -2.34. The van der Waals surface area contributed by atoms with Crippen molar-refractivity contribution in [1.29, 1.82) is 0 Å². The summed E-state index contributed by atoms with van der Waals surface area (Å²) in [7, 11) is 0. The number of amides is 1. The molecule has 2 aromatic carbocycles. The zero-order valence-electron chi connectivity index (χ0n) is 19.6. The van der Waals surface area contributed by atoms with Gasteiger partial charge in [0.1, 0.15) is 10.5 Å². The quantitative estimate of drug-likeness (QED) is 0.545. The Labute approximate surface area is 205 Å². The summed E-state index contributed by atoms with van der Waals surface area (Å²) >= 11 is 1.24. The van der Waals surface area contributed by atoms with E-state index in [2.05, 4.69) is 24.1 Å². The highest BCUT2D eigenvalue weighted by Gasteiger charge is 2.27. The van der Waals surface area contributed by atoms with Crippen LogP contribution in [0.2, 0.25) is 0 Å². The Hall–Kier alpha value is -3.43. The zero-order chi connectivity index (χ0) is 24.5. The predicted molar refractivity (Wildman–Crippen MR) is 134 cm³/mol. The Morgan fingerprint density at radius 2 is 1.91 bits per heavy atom. The van der Waals surface area contributed by atoms with Crippen LogP contribution in [-0.4, -0.2) is 41.8 Å². The second-order valence-electron chi connectivity index (χ2n) is 8.38. The molecule has 0 spiro atoms. The third kappa shape index (κ3) is 4.49. The van der Waals surface area contributed by atoms with Gasteiger partial charge in [-0.1, -0.05) is 19.9 Å². The maximum atomic E-state index is 14.1. The first-order valence-electron chi connectivity index (χ1n) is 11.7. The second kappa shape index (κ2) is 9.67. The van der Waals surface area contributed by atoms with Gasteiger partial charge < -0.3 is 19.7 Å². The third-order valence-corrected chi connectivity index (χ3v) is 7.42. The molecule has 9 heteroatoms. The lowest BCUT2D eigenvalue weighted by Gasteiger charge is -2.17. The summed E-state index contributed by atoms with van der Waals surface area (Å²) in [5.74, 6) is 0.527. The topological polar surface area (TPSA) is 72.8 Å². The molecule has 0 atom stereocenters. The molecule has 7 nitrogen and oxygen atoms in total. The molecule has 0 saturated heterocycles. The highest BCUT2D eigenvalue weighted by molar-refractivity contribution is 7.07. The van der Waals surface area contributed by atoms with Gasteiger partial charge in [-0.25, -0.2) is 4.39 Å². The minimum Gasteiger partial charge on any atom is -0.454 e. The Balaban J connectivity index is 1.65. The van der Waals surface area contributed by atoms with Crippen LogP contribution in [0.15, 0.2) is 41.2 Å². The van der Waals surface area contributed by atoms with E-state index in [-0.39, 0.29) is 18.3 Å². The Morgan fingerprint density at radius 1 is 1.11 bits per heavy atom. The van der Waals surface area contributed by atoms with Gasteiger partial charge in [-0.05, 0) is 68.0 Å². The summed E-state index contributed by atoms with van der Waals surface area (Å²) in [4.78, 5) is 28.8. The summed E-state index contributed by atoms with van der Waals surface area (Å²) in [6.07, 6.45) is 2.54. The SMILES string of the molecule is CCN(CC)CCCn1c(=O)c(=Cc2ccc3c(c2)OCO3)s/c1=C1\C(=O)Nc2ccc(F)cc21. The molecular formula is C26H26FN3O4S. The van der Waals surface area contributed by atoms with Gasteiger partial charge >= 0.3 is 0 Å².